The van der Waals surface area contributed by atoms with Crippen molar-refractivity contribution in [1.29, 1.82) is 0 Å². The highest BCUT2D eigenvalue weighted by Crippen LogP contribution is 2.56. The van der Waals surface area contributed by atoms with Crippen molar-refractivity contribution in [2.45, 2.75) is 51.9 Å². The maximum atomic E-state index is 14.4. The first-order chi connectivity index (χ1) is 17.0. The van der Waals surface area contributed by atoms with Crippen LogP contribution in [0.5, 0.6) is 0 Å². The summed E-state index contributed by atoms with van der Waals surface area (Å²) in [6, 6.07) is 12.1. The molecule has 0 atom stereocenters. The number of aryl methyl sites for hydroxylation is 2. The SMILES string of the molecule is Cc1cc(F)c2nc(N3CCC4(C=C(c5c(-c6ccccc6C)noc5C5CC5)C4)CC3)sc2c1. The summed E-state index contributed by atoms with van der Waals surface area (Å²) in [4.78, 5) is 6.99. The molecule has 3 aliphatic rings. The zero-order chi connectivity index (χ0) is 23.7. The molecule has 0 unspecified atom stereocenters. The Balaban J connectivity index is 1.15. The molecule has 1 spiro atoms. The van der Waals surface area contributed by atoms with Crippen molar-refractivity contribution in [3.63, 3.8) is 0 Å². The molecule has 2 aromatic carbocycles. The third kappa shape index (κ3) is 3.53. The number of hydrogen-bond acceptors (Lipinski definition) is 5. The Morgan fingerprint density at radius 1 is 1.11 bits per heavy atom. The number of halogens is 1. The first-order valence-electron chi connectivity index (χ1n) is 12.6. The van der Waals surface area contributed by atoms with Crippen LogP contribution < -0.4 is 4.90 Å². The van der Waals surface area contributed by atoms with Gasteiger partial charge in [-0.05, 0) is 80.2 Å². The molecule has 0 amide bonds. The van der Waals surface area contributed by atoms with Crippen LogP contribution in [0, 0.1) is 25.1 Å². The van der Waals surface area contributed by atoms with Gasteiger partial charge in [0.15, 0.2) is 10.9 Å². The van der Waals surface area contributed by atoms with Crippen molar-refractivity contribution in [2.24, 2.45) is 5.41 Å². The molecular weight excluding hydrogens is 457 g/mol. The molecule has 0 radical (unpaired) electrons. The molecule has 7 rings (SSSR count). The predicted molar refractivity (Wildman–Crippen MR) is 139 cm³/mol. The summed E-state index contributed by atoms with van der Waals surface area (Å²) in [5.74, 6) is 1.40. The van der Waals surface area contributed by atoms with Crippen LogP contribution in [0.25, 0.3) is 27.0 Å². The van der Waals surface area contributed by atoms with E-state index >= 15 is 0 Å². The van der Waals surface area contributed by atoms with Crippen molar-refractivity contribution in [3.8, 4) is 11.3 Å². The molecule has 3 heterocycles. The Morgan fingerprint density at radius 3 is 2.63 bits per heavy atom. The zero-order valence-electron chi connectivity index (χ0n) is 20.1. The van der Waals surface area contributed by atoms with Crippen molar-refractivity contribution in [3.05, 3.63) is 70.7 Å². The maximum absolute atomic E-state index is 14.4. The maximum Gasteiger partial charge on any atom is 0.186 e. The molecule has 178 valence electrons. The van der Waals surface area contributed by atoms with E-state index in [-0.39, 0.29) is 11.2 Å². The van der Waals surface area contributed by atoms with Gasteiger partial charge in [-0.3, -0.25) is 0 Å². The van der Waals surface area contributed by atoms with Gasteiger partial charge in [0.05, 0.1) is 4.70 Å². The molecule has 2 fully saturated rings. The van der Waals surface area contributed by atoms with E-state index in [0.717, 1.165) is 59.2 Å². The number of piperidine rings is 1. The van der Waals surface area contributed by atoms with Crippen LogP contribution in [0.15, 0.2) is 47.0 Å². The van der Waals surface area contributed by atoms with Crippen LogP contribution in [0.4, 0.5) is 9.52 Å². The van der Waals surface area contributed by atoms with Crippen LogP contribution in [0.3, 0.4) is 0 Å². The third-order valence-electron chi connectivity index (χ3n) is 8.02. The van der Waals surface area contributed by atoms with Crippen LogP contribution >= 0.6 is 11.3 Å². The number of anilines is 1. The topological polar surface area (TPSA) is 42.2 Å². The van der Waals surface area contributed by atoms with Crippen LogP contribution in [-0.4, -0.2) is 23.2 Å². The second-order valence-corrected chi connectivity index (χ2v) is 11.7. The Bertz CT molecular complexity index is 1490. The van der Waals surface area contributed by atoms with Gasteiger partial charge in [0.1, 0.15) is 17.0 Å². The van der Waals surface area contributed by atoms with Gasteiger partial charge in [0.25, 0.3) is 0 Å². The summed E-state index contributed by atoms with van der Waals surface area (Å²) in [6.07, 6.45) is 8.17. The second-order valence-electron chi connectivity index (χ2n) is 10.6. The normalized spacial score (nSPS) is 19.3. The summed E-state index contributed by atoms with van der Waals surface area (Å²) >= 11 is 1.61. The Kier molecular flexibility index (Phi) is 4.72. The van der Waals surface area contributed by atoms with Crippen molar-refractivity contribution < 1.29 is 8.91 Å². The molecule has 1 saturated heterocycles. The zero-order valence-corrected chi connectivity index (χ0v) is 20.9. The smallest absolute Gasteiger partial charge is 0.186 e. The van der Waals surface area contributed by atoms with E-state index in [9.17, 15) is 4.39 Å². The minimum atomic E-state index is -0.216. The minimum absolute atomic E-state index is 0.216. The molecular formula is C29H28FN3OS. The van der Waals surface area contributed by atoms with E-state index in [1.807, 2.05) is 13.0 Å². The highest BCUT2D eigenvalue weighted by Gasteiger charge is 2.44. The number of rotatable bonds is 4. The summed E-state index contributed by atoms with van der Waals surface area (Å²) in [6.45, 7) is 5.98. The van der Waals surface area contributed by atoms with E-state index < -0.39 is 0 Å². The number of fused-ring (bicyclic) bond motifs is 1. The number of nitrogens with zero attached hydrogens (tertiary/aromatic N) is 3. The van der Waals surface area contributed by atoms with E-state index in [0.29, 0.717) is 11.4 Å². The van der Waals surface area contributed by atoms with E-state index in [4.69, 9.17) is 4.52 Å². The third-order valence-corrected chi connectivity index (χ3v) is 9.09. The lowest BCUT2D eigenvalue weighted by Gasteiger charge is -2.46. The van der Waals surface area contributed by atoms with E-state index in [2.05, 4.69) is 52.3 Å². The predicted octanol–water partition coefficient (Wildman–Crippen LogP) is 7.66. The van der Waals surface area contributed by atoms with Gasteiger partial charge in [-0.15, -0.1) is 0 Å². The molecule has 2 aromatic heterocycles. The number of benzene rings is 2. The quantitative estimate of drug-likeness (QED) is 0.298. The lowest BCUT2D eigenvalue weighted by molar-refractivity contribution is 0.277. The molecule has 1 saturated carbocycles. The summed E-state index contributed by atoms with van der Waals surface area (Å²) in [7, 11) is 0. The summed E-state index contributed by atoms with van der Waals surface area (Å²) in [5.41, 5.74) is 7.76. The molecule has 35 heavy (non-hydrogen) atoms. The number of allylic oxidation sites excluding steroid dienone is 2. The van der Waals surface area contributed by atoms with Gasteiger partial charge in [-0.1, -0.05) is 46.8 Å². The molecule has 0 N–H and O–H groups in total. The monoisotopic (exact) mass is 485 g/mol. The van der Waals surface area contributed by atoms with E-state index in [1.165, 1.54) is 35.1 Å². The average Bonchev–Trinajstić information content (AvgIpc) is 3.43. The van der Waals surface area contributed by atoms with Crippen molar-refractivity contribution in [1.82, 2.24) is 10.1 Å². The number of thiazole rings is 1. The van der Waals surface area contributed by atoms with Gasteiger partial charge in [0, 0.05) is 30.1 Å². The average molecular weight is 486 g/mol. The molecule has 2 aliphatic carbocycles. The highest BCUT2D eigenvalue weighted by molar-refractivity contribution is 7.22. The second kappa shape index (κ2) is 7.76. The fraction of sp³-hybridized carbons (Fsp3) is 0.379. The first kappa shape index (κ1) is 21.3. The largest absolute Gasteiger partial charge is 0.360 e. The van der Waals surface area contributed by atoms with Gasteiger partial charge >= 0.3 is 0 Å². The first-order valence-corrected chi connectivity index (χ1v) is 13.4. The Hall–Kier alpha value is -2.99. The summed E-state index contributed by atoms with van der Waals surface area (Å²) in [5, 5.41) is 5.51. The fourth-order valence-electron chi connectivity index (χ4n) is 5.85. The molecule has 1 aliphatic heterocycles. The Morgan fingerprint density at radius 2 is 1.89 bits per heavy atom. The summed E-state index contributed by atoms with van der Waals surface area (Å²) < 4.78 is 21.3. The molecule has 0 bridgehead atoms. The molecule has 6 heteroatoms. The van der Waals surface area contributed by atoms with Crippen LogP contribution in [0.1, 0.15) is 60.5 Å². The molecule has 4 nitrogen and oxygen atoms in total. The lowest BCUT2D eigenvalue weighted by atomic mass is 9.63. The van der Waals surface area contributed by atoms with Crippen molar-refractivity contribution >= 4 is 32.3 Å². The van der Waals surface area contributed by atoms with Crippen molar-refractivity contribution in [2.75, 3.05) is 18.0 Å². The number of aromatic nitrogens is 2. The van der Waals surface area contributed by atoms with Crippen LogP contribution in [-0.2, 0) is 0 Å². The number of hydrogen-bond donors (Lipinski definition) is 0. The van der Waals surface area contributed by atoms with Gasteiger partial charge in [-0.25, -0.2) is 9.37 Å². The minimum Gasteiger partial charge on any atom is -0.360 e. The van der Waals surface area contributed by atoms with E-state index in [1.54, 1.807) is 17.4 Å². The van der Waals surface area contributed by atoms with Gasteiger partial charge < -0.3 is 9.42 Å². The Labute approximate surface area is 208 Å². The fourth-order valence-corrected chi connectivity index (χ4v) is 6.98. The lowest BCUT2D eigenvalue weighted by Crippen LogP contribution is -2.42. The van der Waals surface area contributed by atoms with Gasteiger partial charge in [-0.2, -0.15) is 0 Å². The highest BCUT2D eigenvalue weighted by atomic mass is 32.1. The van der Waals surface area contributed by atoms with Gasteiger partial charge in [0.2, 0.25) is 0 Å². The standard InChI is InChI=1S/C29H28FN3OS/c1-17-13-22(30)26-23(14-17)35-28(31-26)33-11-9-29(10-12-33)15-20(16-29)24-25(21-6-4-3-5-18(21)2)32-34-27(24)19-7-8-19/h3-6,13-15,19H,7-12,16H2,1-2H3. The van der Waals surface area contributed by atoms with Crippen LogP contribution in [0.2, 0.25) is 0 Å². The molecule has 4 aromatic rings.